The van der Waals surface area contributed by atoms with Crippen LogP contribution in [0.5, 0.6) is 5.75 Å². The van der Waals surface area contributed by atoms with Crippen LogP contribution in [0.2, 0.25) is 0 Å². The highest BCUT2D eigenvalue weighted by molar-refractivity contribution is 7.20. The van der Waals surface area contributed by atoms with Crippen molar-refractivity contribution in [2.45, 2.75) is 20.3 Å². The largest absolute Gasteiger partial charge is 0.497 e. The number of aryl methyl sites for hydroxylation is 1. The second-order valence-corrected chi connectivity index (χ2v) is 8.72. The number of fused-ring (bicyclic) bond motifs is 1. The van der Waals surface area contributed by atoms with Crippen LogP contribution in [0.3, 0.4) is 0 Å². The fourth-order valence-electron chi connectivity index (χ4n) is 4.11. The number of hydrogen-bond donors (Lipinski definition) is 0. The number of ether oxygens (including phenoxy) is 1. The number of thiophene rings is 1. The van der Waals surface area contributed by atoms with E-state index in [0.717, 1.165) is 45.2 Å². The van der Waals surface area contributed by atoms with Gasteiger partial charge in [0.05, 0.1) is 12.0 Å². The summed E-state index contributed by atoms with van der Waals surface area (Å²) in [7, 11) is 3.59. The van der Waals surface area contributed by atoms with Crippen molar-refractivity contribution in [1.82, 2.24) is 14.7 Å². The molecule has 6 heteroatoms. The number of hydrogen-bond acceptors (Lipinski definition) is 4. The molecule has 0 radical (unpaired) electrons. The SMILES string of the molecule is COc1cccc(-c2nn(C)c3sc(C(=O)N4CC(C)CC(C)C4)cc23)c1. The molecule has 3 heterocycles. The Labute approximate surface area is 163 Å². The monoisotopic (exact) mass is 383 g/mol. The minimum absolute atomic E-state index is 0.145. The number of likely N-dealkylation sites (tertiary alicyclic amines) is 1. The molecule has 0 spiro atoms. The van der Waals surface area contributed by atoms with Gasteiger partial charge in [-0.05, 0) is 36.5 Å². The maximum absolute atomic E-state index is 13.1. The molecule has 27 heavy (non-hydrogen) atoms. The first-order valence-corrected chi connectivity index (χ1v) is 10.2. The predicted octanol–water partition coefficient (Wildman–Crippen LogP) is 4.43. The van der Waals surface area contributed by atoms with Gasteiger partial charge < -0.3 is 9.64 Å². The van der Waals surface area contributed by atoms with Crippen molar-refractivity contribution in [3.05, 3.63) is 35.2 Å². The number of nitrogens with zero attached hydrogens (tertiary/aromatic N) is 3. The molecule has 0 N–H and O–H groups in total. The number of aromatic nitrogens is 2. The summed E-state index contributed by atoms with van der Waals surface area (Å²) in [6.07, 6.45) is 1.19. The van der Waals surface area contributed by atoms with Crippen LogP contribution in [-0.4, -0.2) is 40.8 Å². The zero-order valence-corrected chi connectivity index (χ0v) is 17.0. The number of carbonyl (C=O) groups is 1. The van der Waals surface area contributed by atoms with Gasteiger partial charge in [0, 0.05) is 31.1 Å². The number of methoxy groups -OCH3 is 1. The van der Waals surface area contributed by atoms with Gasteiger partial charge in [0.2, 0.25) is 0 Å². The first kappa shape index (κ1) is 18.0. The molecular formula is C21H25N3O2S. The van der Waals surface area contributed by atoms with Crippen LogP contribution in [0.25, 0.3) is 21.5 Å². The van der Waals surface area contributed by atoms with Gasteiger partial charge >= 0.3 is 0 Å². The maximum atomic E-state index is 13.1. The van der Waals surface area contributed by atoms with Crippen LogP contribution in [-0.2, 0) is 7.05 Å². The van der Waals surface area contributed by atoms with Crippen LogP contribution >= 0.6 is 11.3 Å². The molecule has 0 aliphatic carbocycles. The van der Waals surface area contributed by atoms with Gasteiger partial charge in [-0.2, -0.15) is 5.10 Å². The zero-order chi connectivity index (χ0) is 19.1. The third-order valence-electron chi connectivity index (χ3n) is 5.22. The van der Waals surface area contributed by atoms with Gasteiger partial charge in [0.25, 0.3) is 5.91 Å². The van der Waals surface area contributed by atoms with Gasteiger partial charge in [-0.25, -0.2) is 0 Å². The van der Waals surface area contributed by atoms with Gasteiger partial charge in [0.15, 0.2) is 0 Å². The average molecular weight is 384 g/mol. The molecule has 0 saturated carbocycles. The fourth-order valence-corrected chi connectivity index (χ4v) is 5.15. The quantitative estimate of drug-likeness (QED) is 0.672. The number of rotatable bonds is 3. The molecule has 4 rings (SSSR count). The van der Waals surface area contributed by atoms with Crippen molar-refractivity contribution in [3.8, 4) is 17.0 Å². The Morgan fingerprint density at radius 2 is 1.96 bits per heavy atom. The summed E-state index contributed by atoms with van der Waals surface area (Å²) in [5.74, 6) is 2.06. The third kappa shape index (κ3) is 3.34. The van der Waals surface area contributed by atoms with Crippen LogP contribution in [0.15, 0.2) is 30.3 Å². The molecule has 1 fully saturated rings. The lowest BCUT2D eigenvalue weighted by Crippen LogP contribution is -2.42. The van der Waals surface area contributed by atoms with Crippen LogP contribution in [0.4, 0.5) is 0 Å². The van der Waals surface area contributed by atoms with Crippen molar-refractivity contribution in [2.24, 2.45) is 18.9 Å². The lowest BCUT2D eigenvalue weighted by Gasteiger charge is -2.34. The highest BCUT2D eigenvalue weighted by atomic mass is 32.1. The number of benzene rings is 1. The van der Waals surface area contributed by atoms with E-state index in [1.54, 1.807) is 7.11 Å². The Kier molecular flexibility index (Phi) is 4.68. The molecule has 142 valence electrons. The average Bonchev–Trinajstić information content (AvgIpc) is 3.21. The minimum Gasteiger partial charge on any atom is -0.497 e. The number of carbonyl (C=O) groups excluding carboxylic acids is 1. The summed E-state index contributed by atoms with van der Waals surface area (Å²) >= 11 is 1.53. The minimum atomic E-state index is 0.145. The summed E-state index contributed by atoms with van der Waals surface area (Å²) in [6, 6.07) is 9.90. The van der Waals surface area contributed by atoms with Crippen molar-refractivity contribution in [1.29, 1.82) is 0 Å². The van der Waals surface area contributed by atoms with E-state index in [4.69, 9.17) is 4.74 Å². The Balaban J connectivity index is 1.71. The molecule has 2 aromatic heterocycles. The molecule has 1 saturated heterocycles. The van der Waals surface area contributed by atoms with E-state index >= 15 is 0 Å². The predicted molar refractivity (Wildman–Crippen MR) is 109 cm³/mol. The Morgan fingerprint density at radius 3 is 2.67 bits per heavy atom. The Hall–Kier alpha value is -2.34. The highest BCUT2D eigenvalue weighted by Gasteiger charge is 2.28. The smallest absolute Gasteiger partial charge is 0.264 e. The normalized spacial score (nSPS) is 20.2. The van der Waals surface area contributed by atoms with Crippen LogP contribution < -0.4 is 4.74 Å². The topological polar surface area (TPSA) is 47.4 Å². The summed E-state index contributed by atoms with van der Waals surface area (Å²) in [6.45, 7) is 6.15. The van der Waals surface area contributed by atoms with E-state index in [2.05, 4.69) is 18.9 Å². The summed E-state index contributed by atoms with van der Waals surface area (Å²) < 4.78 is 7.21. The van der Waals surface area contributed by atoms with Gasteiger partial charge in [-0.1, -0.05) is 26.0 Å². The standard InChI is InChI=1S/C21H25N3O2S/c1-13-8-14(2)12-24(11-13)20(25)18-10-17-19(22-23(3)21(17)27-18)15-6-5-7-16(9-15)26-4/h5-7,9-10,13-14H,8,11-12H2,1-4H3. The lowest BCUT2D eigenvalue weighted by molar-refractivity contribution is 0.0628. The number of piperidine rings is 1. The molecule has 0 bridgehead atoms. The molecule has 1 aromatic carbocycles. The zero-order valence-electron chi connectivity index (χ0n) is 16.2. The molecule has 5 nitrogen and oxygen atoms in total. The summed E-state index contributed by atoms with van der Waals surface area (Å²) in [5, 5.41) is 5.70. The first-order valence-electron chi connectivity index (χ1n) is 9.36. The molecule has 2 unspecified atom stereocenters. The molecule has 3 aromatic rings. The van der Waals surface area contributed by atoms with Crippen molar-refractivity contribution in [3.63, 3.8) is 0 Å². The Morgan fingerprint density at radius 1 is 1.22 bits per heavy atom. The van der Waals surface area contributed by atoms with Gasteiger partial charge in [-0.15, -0.1) is 11.3 Å². The molecule has 1 amide bonds. The lowest BCUT2D eigenvalue weighted by atomic mass is 9.92. The molecule has 2 atom stereocenters. The van der Waals surface area contributed by atoms with Gasteiger partial charge in [-0.3, -0.25) is 9.48 Å². The van der Waals surface area contributed by atoms with Crippen molar-refractivity contribution < 1.29 is 9.53 Å². The number of amides is 1. The second-order valence-electron chi connectivity index (χ2n) is 7.69. The van der Waals surface area contributed by atoms with Crippen molar-refractivity contribution in [2.75, 3.05) is 20.2 Å². The summed E-state index contributed by atoms with van der Waals surface area (Å²) in [5.41, 5.74) is 1.89. The van der Waals surface area contributed by atoms with E-state index in [1.165, 1.54) is 17.8 Å². The highest BCUT2D eigenvalue weighted by Crippen LogP contribution is 2.35. The van der Waals surface area contributed by atoms with E-state index in [-0.39, 0.29) is 5.91 Å². The van der Waals surface area contributed by atoms with Crippen LogP contribution in [0.1, 0.15) is 29.9 Å². The maximum Gasteiger partial charge on any atom is 0.264 e. The van der Waals surface area contributed by atoms with Crippen molar-refractivity contribution >= 4 is 27.5 Å². The third-order valence-corrected chi connectivity index (χ3v) is 6.41. The molecule has 1 aliphatic heterocycles. The summed E-state index contributed by atoms with van der Waals surface area (Å²) in [4.78, 5) is 16.9. The van der Waals surface area contributed by atoms with Gasteiger partial charge in [0.1, 0.15) is 16.3 Å². The Bertz CT molecular complexity index is 981. The molecule has 1 aliphatic rings. The second kappa shape index (κ2) is 7.00. The molecular weight excluding hydrogens is 358 g/mol. The van der Waals surface area contributed by atoms with E-state index in [1.807, 2.05) is 47.0 Å². The first-order chi connectivity index (χ1) is 13.0. The fraction of sp³-hybridized carbons (Fsp3) is 0.429. The van der Waals surface area contributed by atoms with E-state index in [9.17, 15) is 4.79 Å². The van der Waals surface area contributed by atoms with Crippen LogP contribution in [0, 0.1) is 11.8 Å². The van der Waals surface area contributed by atoms with E-state index < -0.39 is 0 Å². The van der Waals surface area contributed by atoms with E-state index in [0.29, 0.717) is 11.8 Å².